The lowest BCUT2D eigenvalue weighted by atomic mass is 9.99. The van der Waals surface area contributed by atoms with Crippen molar-refractivity contribution >= 4 is 40.0 Å². The van der Waals surface area contributed by atoms with E-state index in [4.69, 9.17) is 15.0 Å². The van der Waals surface area contributed by atoms with Gasteiger partial charge in [0.15, 0.2) is 17.5 Å². The fraction of sp³-hybridized carbons (Fsp3) is 0.0465. The Morgan fingerprint density at radius 1 is 0.383 bits per heavy atom. The van der Waals surface area contributed by atoms with Crippen LogP contribution >= 0.6 is 0 Å². The molecule has 0 amide bonds. The van der Waals surface area contributed by atoms with E-state index in [9.17, 15) is 0 Å². The summed E-state index contributed by atoms with van der Waals surface area (Å²) in [5, 5.41) is 7.98. The number of hydrogen-bond donors (Lipinski definition) is 0. The second kappa shape index (κ2) is 10.7. The summed E-state index contributed by atoms with van der Waals surface area (Å²) >= 11 is 0. The van der Waals surface area contributed by atoms with Crippen LogP contribution in [0.25, 0.3) is 78.0 Å². The Labute approximate surface area is 275 Å². The molecule has 0 bridgehead atoms. The van der Waals surface area contributed by atoms with Gasteiger partial charge in [-0.2, -0.15) is 0 Å². The summed E-state index contributed by atoms with van der Waals surface area (Å²) in [5.74, 6) is 2.05. The van der Waals surface area contributed by atoms with Crippen LogP contribution in [0.2, 0.25) is 13.1 Å². The van der Waals surface area contributed by atoms with Gasteiger partial charge in [-0.05, 0) is 66.3 Å². The minimum absolute atomic E-state index is 0.675. The SMILES string of the molecule is C[Si]1(C)c2cc(-c3nc(-c4ccccc4)nc(-c4ccc5cc(-c6ccccc6)ccc5c4)n3)ccc2-c2ccc3ccccc3c21. The van der Waals surface area contributed by atoms with Crippen molar-refractivity contribution in [3.05, 3.63) is 152 Å². The topological polar surface area (TPSA) is 38.7 Å². The lowest BCUT2D eigenvalue weighted by molar-refractivity contribution is 1.07. The van der Waals surface area contributed by atoms with Crippen LogP contribution in [0.15, 0.2) is 152 Å². The van der Waals surface area contributed by atoms with Gasteiger partial charge in [0, 0.05) is 16.7 Å². The van der Waals surface area contributed by atoms with Crippen molar-refractivity contribution in [1.82, 2.24) is 15.0 Å². The first-order valence-electron chi connectivity index (χ1n) is 16.1. The van der Waals surface area contributed by atoms with Gasteiger partial charge in [-0.25, -0.2) is 15.0 Å². The molecule has 0 radical (unpaired) electrons. The fourth-order valence-electron chi connectivity index (χ4n) is 7.28. The Balaban J connectivity index is 1.17. The summed E-state index contributed by atoms with van der Waals surface area (Å²) < 4.78 is 0. The molecule has 2 heterocycles. The van der Waals surface area contributed by atoms with Crippen molar-refractivity contribution in [2.24, 2.45) is 0 Å². The number of benzene rings is 7. The molecule has 47 heavy (non-hydrogen) atoms. The van der Waals surface area contributed by atoms with Gasteiger partial charge >= 0.3 is 0 Å². The molecular formula is C43H31N3Si. The third kappa shape index (κ3) is 4.60. The number of fused-ring (bicyclic) bond motifs is 6. The quantitative estimate of drug-likeness (QED) is 0.185. The molecular weight excluding hydrogens is 587 g/mol. The summed E-state index contributed by atoms with van der Waals surface area (Å²) in [7, 11) is -2.00. The zero-order chi connectivity index (χ0) is 31.5. The number of aromatic nitrogens is 3. The van der Waals surface area contributed by atoms with Crippen molar-refractivity contribution in [2.75, 3.05) is 0 Å². The van der Waals surface area contributed by atoms with Crippen molar-refractivity contribution in [3.8, 4) is 56.4 Å². The zero-order valence-corrected chi connectivity index (χ0v) is 27.3. The minimum Gasteiger partial charge on any atom is -0.208 e. The second-order valence-corrected chi connectivity index (χ2v) is 17.2. The van der Waals surface area contributed by atoms with Crippen LogP contribution in [0.4, 0.5) is 0 Å². The van der Waals surface area contributed by atoms with Gasteiger partial charge in [-0.3, -0.25) is 0 Å². The summed E-state index contributed by atoms with van der Waals surface area (Å²) in [6.45, 7) is 4.95. The number of nitrogens with zero attached hydrogens (tertiary/aromatic N) is 3. The molecule has 1 aliphatic rings. The van der Waals surface area contributed by atoms with E-state index in [2.05, 4.69) is 147 Å². The van der Waals surface area contributed by atoms with Crippen LogP contribution in [0.1, 0.15) is 0 Å². The third-order valence-corrected chi connectivity index (χ3v) is 13.2. The van der Waals surface area contributed by atoms with E-state index < -0.39 is 8.07 Å². The molecule has 0 atom stereocenters. The van der Waals surface area contributed by atoms with Crippen LogP contribution in [-0.4, -0.2) is 23.0 Å². The number of hydrogen-bond acceptors (Lipinski definition) is 3. The van der Waals surface area contributed by atoms with E-state index in [1.807, 2.05) is 18.2 Å². The molecule has 222 valence electrons. The molecule has 1 aromatic heterocycles. The molecule has 3 nitrogen and oxygen atoms in total. The molecule has 1 aliphatic heterocycles. The molecule has 0 spiro atoms. The first-order chi connectivity index (χ1) is 23.0. The Hall–Kier alpha value is -5.71. The summed E-state index contributed by atoms with van der Waals surface area (Å²) in [5.41, 5.74) is 8.10. The van der Waals surface area contributed by atoms with E-state index >= 15 is 0 Å². The maximum atomic E-state index is 5.14. The van der Waals surface area contributed by atoms with Gasteiger partial charge in [0.25, 0.3) is 0 Å². The highest BCUT2D eigenvalue weighted by molar-refractivity contribution is 7.05. The van der Waals surface area contributed by atoms with Crippen molar-refractivity contribution < 1.29 is 0 Å². The van der Waals surface area contributed by atoms with Crippen LogP contribution in [0.3, 0.4) is 0 Å². The van der Waals surface area contributed by atoms with Crippen molar-refractivity contribution in [3.63, 3.8) is 0 Å². The highest BCUT2D eigenvalue weighted by Gasteiger charge is 2.39. The van der Waals surface area contributed by atoms with Crippen molar-refractivity contribution in [2.45, 2.75) is 13.1 Å². The number of rotatable bonds is 4. The monoisotopic (exact) mass is 617 g/mol. The molecule has 0 N–H and O–H groups in total. The summed E-state index contributed by atoms with van der Waals surface area (Å²) in [4.78, 5) is 15.2. The van der Waals surface area contributed by atoms with Crippen LogP contribution in [0, 0.1) is 0 Å². The maximum Gasteiger partial charge on any atom is 0.164 e. The van der Waals surface area contributed by atoms with Crippen LogP contribution in [-0.2, 0) is 0 Å². The molecule has 7 aromatic carbocycles. The lowest BCUT2D eigenvalue weighted by Crippen LogP contribution is -2.49. The predicted octanol–water partition coefficient (Wildman–Crippen LogP) is 9.65. The lowest BCUT2D eigenvalue weighted by Gasteiger charge is -2.21. The van der Waals surface area contributed by atoms with E-state index in [1.54, 1.807) is 0 Å². The second-order valence-electron chi connectivity index (χ2n) is 12.9. The van der Waals surface area contributed by atoms with Gasteiger partial charge in [0.2, 0.25) is 0 Å². The Morgan fingerprint density at radius 2 is 0.894 bits per heavy atom. The molecule has 0 unspecified atom stereocenters. The first kappa shape index (κ1) is 27.6. The van der Waals surface area contributed by atoms with Crippen LogP contribution in [0.5, 0.6) is 0 Å². The largest absolute Gasteiger partial charge is 0.208 e. The van der Waals surface area contributed by atoms with Crippen molar-refractivity contribution in [1.29, 1.82) is 0 Å². The Kier molecular flexibility index (Phi) is 6.27. The van der Waals surface area contributed by atoms with E-state index in [0.29, 0.717) is 17.5 Å². The Morgan fingerprint density at radius 3 is 1.62 bits per heavy atom. The maximum absolute atomic E-state index is 5.14. The molecule has 0 fully saturated rings. The molecule has 8 aromatic rings. The van der Waals surface area contributed by atoms with E-state index in [-0.39, 0.29) is 0 Å². The van der Waals surface area contributed by atoms with E-state index in [1.165, 1.54) is 48.8 Å². The summed E-state index contributed by atoms with van der Waals surface area (Å²) in [6, 6.07) is 54.0. The fourth-order valence-corrected chi connectivity index (χ4v) is 10.8. The molecule has 4 heteroatoms. The van der Waals surface area contributed by atoms with Gasteiger partial charge in [0.1, 0.15) is 8.07 Å². The van der Waals surface area contributed by atoms with Gasteiger partial charge in [-0.15, -0.1) is 0 Å². The predicted molar refractivity (Wildman–Crippen MR) is 199 cm³/mol. The molecule has 9 rings (SSSR count). The average Bonchev–Trinajstić information content (AvgIpc) is 3.37. The molecule has 0 saturated carbocycles. The van der Waals surface area contributed by atoms with Gasteiger partial charge in [-0.1, -0.05) is 153 Å². The first-order valence-corrected chi connectivity index (χ1v) is 19.1. The smallest absolute Gasteiger partial charge is 0.164 e. The van der Waals surface area contributed by atoms with Crippen LogP contribution < -0.4 is 10.4 Å². The highest BCUT2D eigenvalue weighted by Crippen LogP contribution is 2.35. The Bertz CT molecular complexity index is 2490. The van der Waals surface area contributed by atoms with E-state index in [0.717, 1.165) is 22.1 Å². The third-order valence-electron chi connectivity index (χ3n) is 9.67. The molecule has 0 aliphatic carbocycles. The summed E-state index contributed by atoms with van der Waals surface area (Å²) in [6.07, 6.45) is 0. The highest BCUT2D eigenvalue weighted by atomic mass is 28.3. The average molecular weight is 618 g/mol. The standard InChI is InChI=1S/C43H31N3Si/c1-47(2)39-27-35(22-23-37(39)38-24-21-29-13-9-10-16-36(29)40(38)47)43-45-41(30-14-7-4-8-15-30)44-42(46-43)34-20-19-32-25-31(17-18-33(32)26-34)28-11-5-3-6-12-28/h3-27H,1-2H3. The molecule has 0 saturated heterocycles. The van der Waals surface area contributed by atoms with Gasteiger partial charge in [0.05, 0.1) is 0 Å². The van der Waals surface area contributed by atoms with Gasteiger partial charge < -0.3 is 0 Å². The zero-order valence-electron chi connectivity index (χ0n) is 26.3. The normalized spacial score (nSPS) is 13.1. The minimum atomic E-state index is -2.00.